The third-order valence-electron chi connectivity index (χ3n) is 3.51. The van der Waals surface area contributed by atoms with E-state index in [0.717, 1.165) is 12.1 Å². The first-order chi connectivity index (χ1) is 7.40. The van der Waals surface area contributed by atoms with Crippen LogP contribution >= 0.6 is 11.8 Å². The molecular weight excluding hydrogens is 204 g/mol. The summed E-state index contributed by atoms with van der Waals surface area (Å²) in [6.07, 6.45) is 9.23. The molecule has 2 fully saturated rings. The lowest BCUT2D eigenvalue weighted by Crippen LogP contribution is -2.39. The maximum Gasteiger partial charge on any atom is 0.0221 e. The van der Waals surface area contributed by atoms with Crippen LogP contribution in [0, 0.1) is 0 Å². The van der Waals surface area contributed by atoms with Crippen molar-refractivity contribution in [3.05, 3.63) is 0 Å². The van der Waals surface area contributed by atoms with Gasteiger partial charge < -0.3 is 5.32 Å². The summed E-state index contributed by atoms with van der Waals surface area (Å²) in [6.45, 7) is 3.90. The summed E-state index contributed by atoms with van der Waals surface area (Å²) < 4.78 is 0. The monoisotopic (exact) mass is 228 g/mol. The van der Waals surface area contributed by atoms with Crippen molar-refractivity contribution in [1.29, 1.82) is 0 Å². The molecule has 1 saturated heterocycles. The number of likely N-dealkylation sites (tertiary alicyclic amines) is 1. The van der Waals surface area contributed by atoms with Gasteiger partial charge in [0.05, 0.1) is 0 Å². The van der Waals surface area contributed by atoms with E-state index in [4.69, 9.17) is 0 Å². The van der Waals surface area contributed by atoms with E-state index in [0.29, 0.717) is 0 Å². The zero-order valence-electron chi connectivity index (χ0n) is 9.87. The average Bonchev–Trinajstić information content (AvgIpc) is 2.97. The van der Waals surface area contributed by atoms with E-state index in [2.05, 4.69) is 16.5 Å². The third kappa shape index (κ3) is 3.97. The standard InChI is InChI=1S/C12H24N2S/c1-15-9-3-8-14-7-2-4-12(14)10-13-11-5-6-11/h11-13H,2-10H2,1H3. The van der Waals surface area contributed by atoms with Crippen molar-refractivity contribution in [3.8, 4) is 0 Å². The topological polar surface area (TPSA) is 15.3 Å². The van der Waals surface area contributed by atoms with Gasteiger partial charge in [-0.15, -0.1) is 0 Å². The van der Waals surface area contributed by atoms with Crippen molar-refractivity contribution in [2.45, 2.75) is 44.2 Å². The highest BCUT2D eigenvalue weighted by Crippen LogP contribution is 2.21. The Hall–Kier alpha value is 0.270. The van der Waals surface area contributed by atoms with Crippen LogP contribution in [0.25, 0.3) is 0 Å². The molecule has 1 saturated carbocycles. The lowest BCUT2D eigenvalue weighted by atomic mass is 10.2. The Morgan fingerprint density at radius 2 is 2.20 bits per heavy atom. The molecule has 1 aliphatic heterocycles. The van der Waals surface area contributed by atoms with Crippen LogP contribution in [-0.4, -0.2) is 48.6 Å². The summed E-state index contributed by atoms with van der Waals surface area (Å²) >= 11 is 1.97. The predicted octanol–water partition coefficient (Wildman–Crippen LogP) is 1.96. The van der Waals surface area contributed by atoms with Crippen LogP contribution in [0.15, 0.2) is 0 Å². The zero-order chi connectivity index (χ0) is 10.5. The summed E-state index contributed by atoms with van der Waals surface area (Å²) in [5.74, 6) is 1.32. The van der Waals surface area contributed by atoms with E-state index in [1.165, 1.54) is 57.5 Å². The first-order valence-corrected chi connectivity index (χ1v) is 7.76. The summed E-state index contributed by atoms with van der Waals surface area (Å²) in [7, 11) is 0. The van der Waals surface area contributed by atoms with E-state index in [1.54, 1.807) is 0 Å². The van der Waals surface area contributed by atoms with Gasteiger partial charge in [0, 0.05) is 18.6 Å². The number of nitrogens with zero attached hydrogens (tertiary/aromatic N) is 1. The van der Waals surface area contributed by atoms with Crippen molar-refractivity contribution in [1.82, 2.24) is 10.2 Å². The van der Waals surface area contributed by atoms with Crippen molar-refractivity contribution in [3.63, 3.8) is 0 Å². The van der Waals surface area contributed by atoms with Crippen LogP contribution < -0.4 is 5.32 Å². The Morgan fingerprint density at radius 3 is 2.93 bits per heavy atom. The van der Waals surface area contributed by atoms with Crippen LogP contribution in [0.4, 0.5) is 0 Å². The molecule has 2 aliphatic rings. The quantitative estimate of drug-likeness (QED) is 0.671. The maximum atomic E-state index is 3.67. The highest BCUT2D eigenvalue weighted by molar-refractivity contribution is 7.98. The highest BCUT2D eigenvalue weighted by atomic mass is 32.2. The van der Waals surface area contributed by atoms with Gasteiger partial charge in [0.25, 0.3) is 0 Å². The molecule has 0 radical (unpaired) electrons. The summed E-state index contributed by atoms with van der Waals surface area (Å²) in [5.41, 5.74) is 0. The van der Waals surface area contributed by atoms with Gasteiger partial charge in [-0.1, -0.05) is 0 Å². The Morgan fingerprint density at radius 1 is 1.33 bits per heavy atom. The first kappa shape index (κ1) is 11.7. The molecule has 0 aromatic carbocycles. The third-order valence-corrected chi connectivity index (χ3v) is 4.21. The molecule has 2 rings (SSSR count). The van der Waals surface area contributed by atoms with Gasteiger partial charge in [-0.05, 0) is 57.2 Å². The number of rotatable bonds is 7. The fraction of sp³-hybridized carbons (Fsp3) is 1.00. The van der Waals surface area contributed by atoms with E-state index in [1.807, 2.05) is 11.8 Å². The Labute approximate surface area is 98.2 Å². The van der Waals surface area contributed by atoms with Crippen molar-refractivity contribution in [2.24, 2.45) is 0 Å². The van der Waals surface area contributed by atoms with E-state index >= 15 is 0 Å². The van der Waals surface area contributed by atoms with Crippen molar-refractivity contribution in [2.75, 3.05) is 31.6 Å². The smallest absolute Gasteiger partial charge is 0.0221 e. The van der Waals surface area contributed by atoms with Crippen LogP contribution in [0.2, 0.25) is 0 Å². The van der Waals surface area contributed by atoms with Crippen molar-refractivity contribution < 1.29 is 0 Å². The molecule has 1 N–H and O–H groups in total. The van der Waals surface area contributed by atoms with Gasteiger partial charge in [-0.2, -0.15) is 11.8 Å². The molecule has 1 aliphatic carbocycles. The fourth-order valence-corrected chi connectivity index (χ4v) is 2.84. The number of hydrogen-bond donors (Lipinski definition) is 1. The number of hydrogen-bond acceptors (Lipinski definition) is 3. The average molecular weight is 228 g/mol. The predicted molar refractivity (Wildman–Crippen MR) is 68.6 cm³/mol. The second-order valence-electron chi connectivity index (χ2n) is 4.86. The van der Waals surface area contributed by atoms with E-state index in [-0.39, 0.29) is 0 Å². The molecule has 88 valence electrons. The molecule has 15 heavy (non-hydrogen) atoms. The minimum atomic E-state index is 0.840. The highest BCUT2D eigenvalue weighted by Gasteiger charge is 2.27. The van der Waals surface area contributed by atoms with Gasteiger partial charge in [0.1, 0.15) is 0 Å². The Kier molecular flexibility index (Phi) is 4.79. The van der Waals surface area contributed by atoms with Crippen LogP contribution in [0.1, 0.15) is 32.1 Å². The normalized spacial score (nSPS) is 27.4. The van der Waals surface area contributed by atoms with Gasteiger partial charge in [0.15, 0.2) is 0 Å². The molecule has 3 heteroatoms. The molecule has 2 nitrogen and oxygen atoms in total. The molecule has 0 amide bonds. The minimum absolute atomic E-state index is 0.840. The minimum Gasteiger partial charge on any atom is -0.312 e. The number of thioether (sulfide) groups is 1. The van der Waals surface area contributed by atoms with E-state index in [9.17, 15) is 0 Å². The van der Waals surface area contributed by atoms with Gasteiger partial charge in [-0.3, -0.25) is 4.90 Å². The largest absolute Gasteiger partial charge is 0.312 e. The van der Waals surface area contributed by atoms with Crippen LogP contribution in [-0.2, 0) is 0 Å². The van der Waals surface area contributed by atoms with E-state index < -0.39 is 0 Å². The van der Waals surface area contributed by atoms with Gasteiger partial charge in [-0.25, -0.2) is 0 Å². The lowest BCUT2D eigenvalue weighted by molar-refractivity contribution is 0.248. The fourth-order valence-electron chi connectivity index (χ4n) is 2.42. The summed E-state index contributed by atoms with van der Waals surface area (Å²) in [5, 5.41) is 3.67. The molecular formula is C12H24N2S. The molecule has 0 bridgehead atoms. The van der Waals surface area contributed by atoms with Gasteiger partial charge >= 0.3 is 0 Å². The van der Waals surface area contributed by atoms with Crippen LogP contribution in [0.3, 0.4) is 0 Å². The number of nitrogens with one attached hydrogen (secondary N) is 1. The molecule has 1 unspecified atom stereocenters. The van der Waals surface area contributed by atoms with Gasteiger partial charge in [0.2, 0.25) is 0 Å². The second kappa shape index (κ2) is 6.12. The molecule has 1 atom stereocenters. The Balaban J connectivity index is 1.62. The zero-order valence-corrected chi connectivity index (χ0v) is 10.7. The lowest BCUT2D eigenvalue weighted by Gasteiger charge is -2.24. The summed E-state index contributed by atoms with van der Waals surface area (Å²) in [4.78, 5) is 2.70. The first-order valence-electron chi connectivity index (χ1n) is 6.36. The van der Waals surface area contributed by atoms with Crippen LogP contribution in [0.5, 0.6) is 0 Å². The second-order valence-corrected chi connectivity index (χ2v) is 5.85. The Bertz CT molecular complexity index is 182. The molecule has 0 aromatic heterocycles. The van der Waals surface area contributed by atoms with Crippen molar-refractivity contribution >= 4 is 11.8 Å². The summed E-state index contributed by atoms with van der Waals surface area (Å²) in [6, 6.07) is 1.71. The maximum absolute atomic E-state index is 3.67. The molecule has 1 heterocycles. The molecule has 0 spiro atoms. The SMILES string of the molecule is CSCCCN1CCCC1CNC1CC1. The molecule has 0 aromatic rings.